The van der Waals surface area contributed by atoms with Crippen LogP contribution in [0.1, 0.15) is 34.6 Å². The van der Waals surface area contributed by atoms with Crippen molar-refractivity contribution in [2.45, 2.75) is 40.2 Å². The molecule has 0 atom stereocenters. The molecule has 0 saturated carbocycles. The van der Waals surface area contributed by atoms with Gasteiger partial charge in [0, 0.05) is 24.8 Å². The van der Waals surface area contributed by atoms with E-state index in [0.717, 1.165) is 18.8 Å². The van der Waals surface area contributed by atoms with E-state index in [2.05, 4.69) is 44.7 Å². The number of nitrogens with zero attached hydrogens (tertiary/aromatic N) is 3. The first-order valence-corrected chi connectivity index (χ1v) is 12.9. The topological polar surface area (TPSA) is 145 Å². The van der Waals surface area contributed by atoms with Crippen molar-refractivity contribution in [1.82, 2.24) is 9.97 Å². The van der Waals surface area contributed by atoms with Gasteiger partial charge in [-0.05, 0) is 58.9 Å². The van der Waals surface area contributed by atoms with Crippen LogP contribution in [0.15, 0.2) is 36.5 Å². The number of carbonyl (C=O) groups is 1. The van der Waals surface area contributed by atoms with E-state index in [1.165, 1.54) is 13.3 Å². The highest BCUT2D eigenvalue weighted by atomic mass is 16.6. The normalized spacial score (nSPS) is 10.9. The predicted molar refractivity (Wildman–Crippen MR) is 159 cm³/mol. The third kappa shape index (κ3) is 7.49. The van der Waals surface area contributed by atoms with Crippen LogP contribution in [-0.2, 0) is 4.74 Å². The maximum atomic E-state index is 12.3. The summed E-state index contributed by atoms with van der Waals surface area (Å²) in [6, 6.07) is 8.81. The van der Waals surface area contributed by atoms with E-state index < -0.39 is 11.7 Å². The Bertz CT molecular complexity index is 1320. The van der Waals surface area contributed by atoms with Crippen LogP contribution in [0.3, 0.4) is 0 Å². The molecule has 2 aromatic carbocycles. The molecule has 3 aromatic rings. The molecule has 1 heterocycles. The summed E-state index contributed by atoms with van der Waals surface area (Å²) in [4.78, 5) is 23.4. The molecule has 0 aliphatic rings. The van der Waals surface area contributed by atoms with Gasteiger partial charge < -0.3 is 40.2 Å². The zero-order valence-corrected chi connectivity index (χ0v) is 24.3. The highest BCUT2D eigenvalue weighted by Gasteiger charge is 2.18. The van der Waals surface area contributed by atoms with E-state index in [4.69, 9.17) is 24.7 Å². The summed E-state index contributed by atoms with van der Waals surface area (Å²) in [6.07, 6.45) is 0.961. The number of anilines is 7. The van der Waals surface area contributed by atoms with Crippen LogP contribution in [0.4, 0.5) is 45.0 Å². The minimum absolute atomic E-state index is 0.276. The van der Waals surface area contributed by atoms with E-state index in [-0.39, 0.29) is 5.95 Å². The van der Waals surface area contributed by atoms with Crippen molar-refractivity contribution in [3.63, 3.8) is 0 Å². The highest BCUT2D eigenvalue weighted by Crippen LogP contribution is 2.38. The van der Waals surface area contributed by atoms with E-state index in [9.17, 15) is 4.79 Å². The Morgan fingerprint density at radius 1 is 0.925 bits per heavy atom. The number of amides is 1. The van der Waals surface area contributed by atoms with Crippen molar-refractivity contribution in [1.29, 1.82) is 0 Å². The summed E-state index contributed by atoms with van der Waals surface area (Å²) in [7, 11) is 4.66. The molecule has 40 heavy (non-hydrogen) atoms. The van der Waals surface area contributed by atoms with Gasteiger partial charge in [-0.15, -0.1) is 0 Å². The predicted octanol–water partition coefficient (Wildman–Crippen LogP) is 5.77. The third-order valence-corrected chi connectivity index (χ3v) is 5.77. The quantitative estimate of drug-likeness (QED) is 0.215. The minimum atomic E-state index is -0.631. The third-order valence-electron chi connectivity index (χ3n) is 5.77. The molecule has 0 aliphatic heterocycles. The second-order valence-electron chi connectivity index (χ2n) is 9.69. The summed E-state index contributed by atoms with van der Waals surface area (Å²) in [6.45, 7) is 11.1. The number of rotatable bonds is 11. The largest absolute Gasteiger partial charge is 0.495 e. The number of hydrogen-bond donors (Lipinski definition) is 4. The Morgan fingerprint density at radius 2 is 1.57 bits per heavy atom. The molecule has 0 spiro atoms. The molecule has 3 rings (SSSR count). The maximum Gasteiger partial charge on any atom is 0.412 e. The summed E-state index contributed by atoms with van der Waals surface area (Å²) >= 11 is 0. The highest BCUT2D eigenvalue weighted by molar-refractivity contribution is 5.87. The first-order chi connectivity index (χ1) is 19.0. The van der Waals surface area contributed by atoms with Crippen LogP contribution in [-0.4, -0.2) is 56.1 Å². The first kappa shape index (κ1) is 29.9. The summed E-state index contributed by atoms with van der Waals surface area (Å²) in [5, 5.41) is 9.13. The first-order valence-electron chi connectivity index (χ1n) is 12.9. The van der Waals surface area contributed by atoms with Crippen molar-refractivity contribution in [3.8, 4) is 17.2 Å². The zero-order valence-electron chi connectivity index (χ0n) is 24.3. The standard InChI is InChI=1S/C28H39N7O5/c1-9-35(10-2)21-15-23(38-7)20(14-18(21)29)33-26-30-16-24(39-8)25(34-26)32-19-13-17(11-12-22(19)37-6)31-27(36)40-28(3,4)5/h11-16H,9-10,29H2,1-8H3,(H,31,36)(H2,30,32,33,34). The van der Waals surface area contributed by atoms with Gasteiger partial charge in [-0.3, -0.25) is 5.32 Å². The van der Waals surface area contributed by atoms with Crippen LogP contribution >= 0.6 is 0 Å². The molecular weight excluding hydrogens is 514 g/mol. The lowest BCUT2D eigenvalue weighted by molar-refractivity contribution is 0.0636. The minimum Gasteiger partial charge on any atom is -0.495 e. The molecule has 5 N–H and O–H groups in total. The van der Waals surface area contributed by atoms with Crippen LogP contribution in [0.25, 0.3) is 0 Å². The molecule has 0 bridgehead atoms. The summed E-state index contributed by atoms with van der Waals surface area (Å²) < 4.78 is 22.0. The summed E-state index contributed by atoms with van der Waals surface area (Å²) in [5.74, 6) is 2.14. The second-order valence-corrected chi connectivity index (χ2v) is 9.69. The molecule has 1 aromatic heterocycles. The van der Waals surface area contributed by atoms with Gasteiger partial charge in [0.2, 0.25) is 5.95 Å². The zero-order chi connectivity index (χ0) is 29.4. The number of hydrogen-bond acceptors (Lipinski definition) is 11. The molecule has 12 nitrogen and oxygen atoms in total. The van der Waals surface area contributed by atoms with Crippen LogP contribution in [0.2, 0.25) is 0 Å². The van der Waals surface area contributed by atoms with Crippen molar-refractivity contribution in [3.05, 3.63) is 36.5 Å². The fourth-order valence-electron chi connectivity index (χ4n) is 3.91. The lowest BCUT2D eigenvalue weighted by Crippen LogP contribution is -2.27. The van der Waals surface area contributed by atoms with Crippen LogP contribution < -0.4 is 40.8 Å². The second kappa shape index (κ2) is 13.0. The Balaban J connectivity index is 1.92. The summed E-state index contributed by atoms with van der Waals surface area (Å²) in [5.41, 5.74) is 8.86. The lowest BCUT2D eigenvalue weighted by atomic mass is 10.2. The van der Waals surface area contributed by atoms with Crippen molar-refractivity contribution < 1.29 is 23.7 Å². The van der Waals surface area contributed by atoms with Crippen LogP contribution in [0.5, 0.6) is 17.2 Å². The Hall–Kier alpha value is -4.61. The molecule has 1 amide bonds. The van der Waals surface area contributed by atoms with Crippen molar-refractivity contribution >= 4 is 46.3 Å². The average molecular weight is 554 g/mol. The number of nitrogen functional groups attached to an aromatic ring is 1. The van der Waals surface area contributed by atoms with Gasteiger partial charge in [-0.25, -0.2) is 9.78 Å². The van der Waals surface area contributed by atoms with Gasteiger partial charge in [-0.2, -0.15) is 4.98 Å². The monoisotopic (exact) mass is 553 g/mol. The number of nitrogens with one attached hydrogen (secondary N) is 3. The molecule has 0 radical (unpaired) electrons. The van der Waals surface area contributed by atoms with E-state index >= 15 is 0 Å². The van der Waals surface area contributed by atoms with Crippen molar-refractivity contribution in [2.24, 2.45) is 0 Å². The van der Waals surface area contributed by atoms with Gasteiger partial charge >= 0.3 is 6.09 Å². The number of ether oxygens (including phenoxy) is 4. The van der Waals surface area contributed by atoms with E-state index in [1.807, 2.05) is 6.07 Å². The van der Waals surface area contributed by atoms with E-state index in [1.54, 1.807) is 59.3 Å². The molecule has 0 fully saturated rings. The van der Waals surface area contributed by atoms with E-state index in [0.29, 0.717) is 45.8 Å². The molecule has 0 saturated heterocycles. The molecular formula is C28H39N7O5. The smallest absolute Gasteiger partial charge is 0.412 e. The molecule has 216 valence electrons. The van der Waals surface area contributed by atoms with Gasteiger partial charge in [0.25, 0.3) is 0 Å². The Kier molecular flexibility index (Phi) is 9.70. The Labute approximate surface area is 235 Å². The molecule has 12 heteroatoms. The van der Waals surface area contributed by atoms with Crippen molar-refractivity contribution in [2.75, 3.05) is 61.0 Å². The number of aromatic nitrogens is 2. The van der Waals surface area contributed by atoms with Crippen LogP contribution in [0, 0.1) is 0 Å². The Morgan fingerprint density at radius 3 is 2.17 bits per heavy atom. The molecule has 0 unspecified atom stereocenters. The number of nitrogens with two attached hydrogens (primary N) is 1. The van der Waals surface area contributed by atoms with Gasteiger partial charge in [0.05, 0.1) is 50.3 Å². The SMILES string of the molecule is CCN(CC)c1cc(OC)c(Nc2ncc(OC)c(Nc3cc(NC(=O)OC(C)(C)C)ccc3OC)n2)cc1N. The fourth-order valence-corrected chi connectivity index (χ4v) is 3.91. The lowest BCUT2D eigenvalue weighted by Gasteiger charge is -2.24. The average Bonchev–Trinajstić information content (AvgIpc) is 2.89. The van der Waals surface area contributed by atoms with Gasteiger partial charge in [-0.1, -0.05) is 0 Å². The van der Waals surface area contributed by atoms with Gasteiger partial charge in [0.1, 0.15) is 17.1 Å². The molecule has 0 aliphatic carbocycles. The maximum absolute atomic E-state index is 12.3. The number of methoxy groups -OCH3 is 3. The van der Waals surface area contributed by atoms with Gasteiger partial charge in [0.15, 0.2) is 11.6 Å². The fraction of sp³-hybridized carbons (Fsp3) is 0.393. The number of carbonyl (C=O) groups excluding carboxylic acids is 1. The number of benzene rings is 2.